The van der Waals surface area contributed by atoms with E-state index >= 15 is 0 Å². The van der Waals surface area contributed by atoms with Gasteiger partial charge in [0.15, 0.2) is 0 Å². The Morgan fingerprint density at radius 2 is 1.95 bits per heavy atom. The molecule has 0 aliphatic carbocycles. The maximum atomic E-state index is 12.8. The molecule has 0 radical (unpaired) electrons. The average Bonchev–Trinajstić information content (AvgIpc) is 2.66. The number of hydrogen-bond acceptors (Lipinski definition) is 3. The SMILES string of the molecule is CC[C@]1(C)NC(=O)N(CC(=O)Nc2ccc(F)cc2)C1=O. The number of carbonyl (C=O) groups excluding carboxylic acids is 3. The van der Waals surface area contributed by atoms with Crippen molar-refractivity contribution in [2.24, 2.45) is 0 Å². The van der Waals surface area contributed by atoms with E-state index in [0.717, 1.165) is 4.90 Å². The number of nitrogens with zero attached hydrogens (tertiary/aromatic N) is 1. The molecule has 112 valence electrons. The normalized spacial score (nSPS) is 21.4. The molecule has 1 atom stereocenters. The van der Waals surface area contributed by atoms with E-state index in [9.17, 15) is 18.8 Å². The molecule has 1 aromatic rings. The lowest BCUT2D eigenvalue weighted by atomic mass is 9.99. The number of rotatable bonds is 4. The van der Waals surface area contributed by atoms with Crippen molar-refractivity contribution in [2.45, 2.75) is 25.8 Å². The van der Waals surface area contributed by atoms with Crippen LogP contribution in [0.3, 0.4) is 0 Å². The van der Waals surface area contributed by atoms with Crippen molar-refractivity contribution in [2.75, 3.05) is 11.9 Å². The number of urea groups is 1. The van der Waals surface area contributed by atoms with E-state index in [1.54, 1.807) is 13.8 Å². The Labute approximate surface area is 121 Å². The van der Waals surface area contributed by atoms with Crippen LogP contribution in [0.5, 0.6) is 0 Å². The molecule has 6 nitrogen and oxygen atoms in total. The maximum absolute atomic E-state index is 12.8. The van der Waals surface area contributed by atoms with E-state index in [0.29, 0.717) is 12.1 Å². The first-order valence-corrected chi connectivity index (χ1v) is 6.55. The summed E-state index contributed by atoms with van der Waals surface area (Å²) in [6.45, 7) is 3.02. The third kappa shape index (κ3) is 3.01. The molecule has 1 aliphatic heterocycles. The monoisotopic (exact) mass is 293 g/mol. The van der Waals surface area contributed by atoms with Gasteiger partial charge in [-0.15, -0.1) is 0 Å². The van der Waals surface area contributed by atoms with E-state index < -0.39 is 29.2 Å². The fourth-order valence-electron chi connectivity index (χ4n) is 2.01. The number of benzene rings is 1. The first kappa shape index (κ1) is 15.0. The Kier molecular flexibility index (Phi) is 3.93. The number of hydrogen-bond donors (Lipinski definition) is 2. The van der Waals surface area contributed by atoms with Crippen LogP contribution in [0.15, 0.2) is 24.3 Å². The molecule has 0 spiro atoms. The maximum Gasteiger partial charge on any atom is 0.325 e. The largest absolute Gasteiger partial charge is 0.325 e. The highest BCUT2D eigenvalue weighted by Crippen LogP contribution is 2.20. The minimum atomic E-state index is -0.965. The molecular formula is C14H16FN3O3. The molecule has 1 fully saturated rings. The van der Waals surface area contributed by atoms with Crippen molar-refractivity contribution in [3.8, 4) is 0 Å². The minimum absolute atomic E-state index is 0.377. The lowest BCUT2D eigenvalue weighted by Gasteiger charge is -2.19. The van der Waals surface area contributed by atoms with Crippen LogP contribution in [0.1, 0.15) is 20.3 Å². The quantitative estimate of drug-likeness (QED) is 0.825. The molecule has 0 aromatic heterocycles. The van der Waals surface area contributed by atoms with Crippen molar-refractivity contribution < 1.29 is 18.8 Å². The molecule has 2 rings (SSSR count). The van der Waals surface area contributed by atoms with E-state index in [1.165, 1.54) is 24.3 Å². The van der Waals surface area contributed by atoms with Gasteiger partial charge in [-0.2, -0.15) is 0 Å². The summed E-state index contributed by atoms with van der Waals surface area (Å²) in [5.74, 6) is -1.37. The Bertz CT molecular complexity index is 588. The van der Waals surface area contributed by atoms with E-state index in [2.05, 4.69) is 10.6 Å². The Morgan fingerprint density at radius 1 is 1.33 bits per heavy atom. The second-order valence-electron chi connectivity index (χ2n) is 5.06. The van der Waals surface area contributed by atoms with Crippen molar-refractivity contribution >= 4 is 23.5 Å². The molecule has 21 heavy (non-hydrogen) atoms. The second kappa shape index (κ2) is 5.51. The van der Waals surface area contributed by atoms with Crippen LogP contribution in [0.4, 0.5) is 14.9 Å². The number of anilines is 1. The molecule has 4 amide bonds. The highest BCUT2D eigenvalue weighted by atomic mass is 19.1. The third-order valence-electron chi connectivity index (χ3n) is 3.48. The summed E-state index contributed by atoms with van der Waals surface area (Å²) >= 11 is 0. The number of imide groups is 1. The number of carbonyl (C=O) groups is 3. The van der Waals surface area contributed by atoms with Gasteiger partial charge in [-0.25, -0.2) is 9.18 Å². The topological polar surface area (TPSA) is 78.5 Å². The van der Waals surface area contributed by atoms with Crippen molar-refractivity contribution in [3.05, 3.63) is 30.1 Å². The van der Waals surface area contributed by atoms with E-state index in [4.69, 9.17) is 0 Å². The number of amides is 4. The zero-order valence-electron chi connectivity index (χ0n) is 11.8. The summed E-state index contributed by atoms with van der Waals surface area (Å²) in [7, 11) is 0. The fraction of sp³-hybridized carbons (Fsp3) is 0.357. The minimum Gasteiger partial charge on any atom is -0.325 e. The molecule has 7 heteroatoms. The summed E-state index contributed by atoms with van der Waals surface area (Å²) in [6, 6.07) is 4.62. The predicted molar refractivity (Wildman–Crippen MR) is 74.0 cm³/mol. The van der Waals surface area contributed by atoms with Crippen LogP contribution in [-0.4, -0.2) is 34.8 Å². The summed E-state index contributed by atoms with van der Waals surface area (Å²) < 4.78 is 12.8. The van der Waals surface area contributed by atoms with Crippen LogP contribution < -0.4 is 10.6 Å². The van der Waals surface area contributed by atoms with Gasteiger partial charge in [0, 0.05) is 5.69 Å². The van der Waals surface area contributed by atoms with Gasteiger partial charge < -0.3 is 10.6 Å². The zero-order chi connectivity index (χ0) is 15.6. The van der Waals surface area contributed by atoms with Crippen LogP contribution >= 0.6 is 0 Å². The summed E-state index contributed by atoms with van der Waals surface area (Å²) in [4.78, 5) is 36.6. The van der Waals surface area contributed by atoms with Gasteiger partial charge in [-0.1, -0.05) is 6.92 Å². The van der Waals surface area contributed by atoms with Crippen LogP contribution in [0.25, 0.3) is 0 Å². The molecule has 2 N–H and O–H groups in total. The average molecular weight is 293 g/mol. The fourth-order valence-corrected chi connectivity index (χ4v) is 2.01. The van der Waals surface area contributed by atoms with Gasteiger partial charge in [0.05, 0.1) is 0 Å². The van der Waals surface area contributed by atoms with Gasteiger partial charge in [0.25, 0.3) is 5.91 Å². The number of halogens is 1. The predicted octanol–water partition coefficient (Wildman–Crippen LogP) is 1.48. The van der Waals surface area contributed by atoms with Crippen LogP contribution in [0.2, 0.25) is 0 Å². The first-order chi connectivity index (χ1) is 9.85. The summed E-state index contributed by atoms with van der Waals surface area (Å²) in [6.07, 6.45) is 0.438. The van der Waals surface area contributed by atoms with Gasteiger partial charge in [-0.05, 0) is 37.6 Å². The highest BCUT2D eigenvalue weighted by Gasteiger charge is 2.46. The van der Waals surface area contributed by atoms with E-state index in [-0.39, 0.29) is 6.54 Å². The van der Waals surface area contributed by atoms with Crippen LogP contribution in [-0.2, 0) is 9.59 Å². The lowest BCUT2D eigenvalue weighted by Crippen LogP contribution is -2.44. The standard InChI is InChI=1S/C14H16FN3O3/c1-3-14(2)12(20)18(13(21)17-14)8-11(19)16-10-6-4-9(15)5-7-10/h4-7H,3,8H2,1-2H3,(H,16,19)(H,17,21)/t14-/m0/s1. The van der Waals surface area contributed by atoms with Crippen LogP contribution in [0, 0.1) is 5.82 Å². The Hall–Kier alpha value is -2.44. The summed E-state index contributed by atoms with van der Waals surface area (Å²) in [5.41, 5.74) is -0.570. The van der Waals surface area contributed by atoms with Gasteiger partial charge in [-0.3, -0.25) is 14.5 Å². The Balaban J connectivity index is 2.01. The van der Waals surface area contributed by atoms with Crippen molar-refractivity contribution in [1.29, 1.82) is 0 Å². The first-order valence-electron chi connectivity index (χ1n) is 6.55. The lowest BCUT2D eigenvalue weighted by molar-refractivity contribution is -0.133. The second-order valence-corrected chi connectivity index (χ2v) is 5.06. The molecule has 0 bridgehead atoms. The molecule has 0 unspecified atom stereocenters. The van der Waals surface area contributed by atoms with E-state index in [1.807, 2.05) is 0 Å². The van der Waals surface area contributed by atoms with Gasteiger partial charge in [0.1, 0.15) is 17.9 Å². The Morgan fingerprint density at radius 3 is 2.48 bits per heavy atom. The molecule has 1 saturated heterocycles. The zero-order valence-corrected chi connectivity index (χ0v) is 11.8. The molecule has 0 saturated carbocycles. The van der Waals surface area contributed by atoms with Crippen molar-refractivity contribution in [1.82, 2.24) is 10.2 Å². The molecule has 1 aromatic carbocycles. The summed E-state index contributed by atoms with van der Waals surface area (Å²) in [5, 5.41) is 5.07. The molecule has 1 heterocycles. The van der Waals surface area contributed by atoms with Gasteiger partial charge >= 0.3 is 6.03 Å². The third-order valence-corrected chi connectivity index (χ3v) is 3.48. The molecular weight excluding hydrogens is 277 g/mol. The van der Waals surface area contributed by atoms with Crippen molar-refractivity contribution in [3.63, 3.8) is 0 Å². The highest BCUT2D eigenvalue weighted by molar-refractivity contribution is 6.09. The molecule has 1 aliphatic rings. The number of nitrogens with one attached hydrogen (secondary N) is 2. The van der Waals surface area contributed by atoms with Gasteiger partial charge in [0.2, 0.25) is 5.91 Å². The smallest absolute Gasteiger partial charge is 0.325 e.